The summed E-state index contributed by atoms with van der Waals surface area (Å²) in [4.78, 5) is 0. The van der Waals surface area contributed by atoms with Gasteiger partial charge in [0, 0.05) is 10.6 Å². The van der Waals surface area contributed by atoms with E-state index in [2.05, 4.69) is 206 Å². The fourth-order valence-corrected chi connectivity index (χ4v) is 20.2. The number of fused-ring (bicyclic) bond motifs is 1. The molecule has 7 aromatic rings. The number of hydrogen-bond acceptors (Lipinski definition) is 0. The highest BCUT2D eigenvalue weighted by Gasteiger charge is 2.53. The lowest BCUT2D eigenvalue weighted by molar-refractivity contribution is -0.00000861. The third kappa shape index (κ3) is 5.31. The van der Waals surface area contributed by atoms with Crippen molar-refractivity contribution in [1.82, 2.24) is 0 Å². The summed E-state index contributed by atoms with van der Waals surface area (Å²) >= 11 is 0. The maximum atomic E-state index is 2.39. The smallest absolute Gasteiger partial charge is 0.149 e. The van der Waals surface area contributed by atoms with E-state index in [4.69, 9.17) is 0 Å². The van der Waals surface area contributed by atoms with Crippen LogP contribution in [0.5, 0.6) is 0 Å². The Balaban J connectivity index is 0.00000364. The summed E-state index contributed by atoms with van der Waals surface area (Å²) in [6.07, 6.45) is 0. The number of halogens is 1. The minimum atomic E-state index is -2.31. The monoisotopic (exact) mass is 734 g/mol. The fraction of sp³-hybridized carbons (Fsp3) is 0. The van der Waals surface area contributed by atoms with Crippen molar-refractivity contribution in [3.05, 3.63) is 217 Å². The number of rotatable bonds is 7. The van der Waals surface area contributed by atoms with E-state index in [0.29, 0.717) is 0 Å². The molecular weight excluding hydrogens is 701 g/mol. The van der Waals surface area contributed by atoms with Crippen LogP contribution < -0.4 is 48.8 Å². The Morgan fingerprint density at radius 3 is 0.979 bits per heavy atom. The molecule has 0 nitrogen and oxygen atoms in total. The number of hydrogen-bond donors (Lipinski definition) is 0. The van der Waals surface area contributed by atoms with Crippen molar-refractivity contribution in [2.45, 2.75) is 0 Å². The zero-order chi connectivity index (χ0) is 31.5. The van der Waals surface area contributed by atoms with Gasteiger partial charge in [0.15, 0.2) is 0 Å². The highest BCUT2D eigenvalue weighted by Crippen LogP contribution is 2.65. The van der Waals surface area contributed by atoms with Gasteiger partial charge in [-0.1, -0.05) is 164 Å². The van der Waals surface area contributed by atoms with Crippen LogP contribution in [0.3, 0.4) is 0 Å². The van der Waals surface area contributed by atoms with Gasteiger partial charge in [-0.25, -0.2) is 0 Å². The molecule has 1 aliphatic heterocycles. The van der Waals surface area contributed by atoms with Gasteiger partial charge in [0.25, 0.3) is 0 Å². The fourth-order valence-electron chi connectivity index (χ4n) is 7.14. The first-order chi connectivity index (χ1) is 23.3. The van der Waals surface area contributed by atoms with Crippen molar-refractivity contribution in [3.8, 4) is 0 Å². The summed E-state index contributed by atoms with van der Waals surface area (Å²) in [7, 11) is -1.03. The lowest BCUT2D eigenvalue weighted by Gasteiger charge is -2.31. The second-order valence-electron chi connectivity index (χ2n) is 11.7. The lowest BCUT2D eigenvalue weighted by Crippen LogP contribution is -3.00. The van der Waals surface area contributed by atoms with Crippen LogP contribution in [0, 0.1) is 0 Å². The summed E-state index contributed by atoms with van der Waals surface area (Å²) in [5.41, 5.74) is 2.75. The molecule has 0 aliphatic carbocycles. The minimum absolute atomic E-state index is 0. The minimum Gasteiger partial charge on any atom is -1.00 e. The van der Waals surface area contributed by atoms with Crippen LogP contribution in [0.25, 0.3) is 0 Å². The first kappa shape index (κ1) is 32.5. The summed E-state index contributed by atoms with van der Waals surface area (Å²) in [5.74, 6) is 0. The van der Waals surface area contributed by atoms with E-state index in [1.165, 1.54) is 61.2 Å². The topological polar surface area (TPSA) is 0 Å². The van der Waals surface area contributed by atoms with Crippen LogP contribution >= 0.6 is 22.4 Å². The van der Waals surface area contributed by atoms with Crippen LogP contribution in [0.4, 0.5) is 0 Å². The molecule has 0 saturated carbocycles. The van der Waals surface area contributed by atoms with Crippen molar-refractivity contribution < 1.29 is 17.0 Å². The first-order valence-corrected chi connectivity index (χ1v) is 20.5. The van der Waals surface area contributed by atoms with Gasteiger partial charge in [0.05, 0.1) is 0 Å². The molecule has 0 aromatic heterocycles. The molecule has 0 radical (unpaired) electrons. The second-order valence-corrected chi connectivity index (χ2v) is 20.2. The van der Waals surface area contributed by atoms with Gasteiger partial charge < -0.3 is 17.0 Å². The second kappa shape index (κ2) is 14.2. The molecule has 8 rings (SSSR count). The average Bonchev–Trinajstić information content (AvgIpc) is 3.55. The van der Waals surface area contributed by atoms with E-state index in [0.717, 1.165) is 0 Å². The predicted octanol–water partition coefficient (Wildman–Crippen LogP) is 5.59. The molecule has 0 spiro atoms. The molecule has 0 atom stereocenters. The predicted molar refractivity (Wildman–Crippen MR) is 212 cm³/mol. The molecule has 7 aromatic carbocycles. The summed E-state index contributed by atoms with van der Waals surface area (Å²) < 4.78 is 0. The molecule has 0 N–H and O–H groups in total. The van der Waals surface area contributed by atoms with Crippen LogP contribution in [0.1, 0.15) is 11.1 Å². The molecule has 0 bridgehead atoms. The van der Waals surface area contributed by atoms with Gasteiger partial charge in [0.1, 0.15) is 28.2 Å². The molecule has 0 fully saturated rings. The number of benzene rings is 7. The zero-order valence-electron chi connectivity index (χ0n) is 26.3. The molecule has 0 amide bonds. The molecule has 4 heteroatoms. The van der Waals surface area contributed by atoms with Crippen LogP contribution in [-0.4, -0.2) is 10.1 Å². The standard InChI is InChI=1S/C44H34P3.BrH/c1-7-21-35(22-8-1)46(36-23-9-2-10-24-36,37-25-11-3-12-26-37)43-41-33-19-20-34-42(41)44(45-43)47(38-27-13-4-14-28-38,39-29-15-5-16-30-39)40-31-17-6-18-32-40;/h1-34H;1H/q+1;/p-1. The van der Waals surface area contributed by atoms with Gasteiger partial charge in [-0.05, 0) is 79.0 Å². The van der Waals surface area contributed by atoms with E-state index >= 15 is 0 Å². The Morgan fingerprint density at radius 2 is 0.625 bits per heavy atom. The molecular formula is C44H34BrP3. The van der Waals surface area contributed by atoms with Crippen molar-refractivity contribution >= 4 is 64.2 Å². The summed E-state index contributed by atoms with van der Waals surface area (Å²) in [5, 5.41) is 11.4. The van der Waals surface area contributed by atoms with Crippen molar-refractivity contribution in [2.24, 2.45) is 0 Å². The normalized spacial score (nSPS) is 12.8. The highest BCUT2D eigenvalue weighted by atomic mass is 79.9. The van der Waals surface area contributed by atoms with Gasteiger partial charge in [-0.2, -0.15) is 0 Å². The Labute approximate surface area is 297 Å². The van der Waals surface area contributed by atoms with Gasteiger partial charge in [-0.3, -0.25) is 0 Å². The van der Waals surface area contributed by atoms with Crippen molar-refractivity contribution in [3.63, 3.8) is 0 Å². The Morgan fingerprint density at radius 1 is 0.333 bits per heavy atom. The molecule has 0 unspecified atom stereocenters. The van der Waals surface area contributed by atoms with E-state index in [1.807, 2.05) is 0 Å². The Bertz CT molecular complexity index is 2020. The van der Waals surface area contributed by atoms with Crippen LogP contribution in [-0.2, 0) is 0 Å². The first-order valence-electron chi connectivity index (χ1n) is 16.0. The van der Waals surface area contributed by atoms with Gasteiger partial charge in [0.2, 0.25) is 0 Å². The van der Waals surface area contributed by atoms with Crippen molar-refractivity contribution in [1.29, 1.82) is 0 Å². The van der Waals surface area contributed by atoms with Gasteiger partial charge >= 0.3 is 0 Å². The summed E-state index contributed by atoms with van der Waals surface area (Å²) in [6.45, 7) is -2.31. The maximum Gasteiger partial charge on any atom is 0.149 e. The average molecular weight is 736 g/mol. The van der Waals surface area contributed by atoms with Crippen LogP contribution in [0.15, 0.2) is 206 Å². The lowest BCUT2D eigenvalue weighted by atomic mass is 10.1. The van der Waals surface area contributed by atoms with E-state index in [9.17, 15) is 0 Å². The maximum absolute atomic E-state index is 2.39. The quantitative estimate of drug-likeness (QED) is 0.188. The van der Waals surface area contributed by atoms with E-state index in [-0.39, 0.29) is 17.0 Å². The van der Waals surface area contributed by atoms with Crippen LogP contribution in [0.2, 0.25) is 0 Å². The third-order valence-corrected chi connectivity index (χ3v) is 20.6. The molecule has 1 aliphatic rings. The molecule has 1 heterocycles. The zero-order valence-corrected chi connectivity index (χ0v) is 30.6. The summed E-state index contributed by atoms with van der Waals surface area (Å²) in [6, 6.07) is 77.1. The Kier molecular flexibility index (Phi) is 9.59. The van der Waals surface area contributed by atoms with E-state index < -0.39 is 14.1 Å². The SMILES string of the molecule is [Br-].c1ccc(P(=C2P=C([P+](c3ccccc3)(c3ccccc3)c3ccccc3)c3ccccc32)(c2ccccc2)c2ccccc2)cc1. The van der Waals surface area contributed by atoms with Gasteiger partial charge in [-0.15, -0.1) is 0 Å². The third-order valence-electron chi connectivity index (χ3n) is 9.12. The molecule has 48 heavy (non-hydrogen) atoms. The highest BCUT2D eigenvalue weighted by molar-refractivity contribution is 8.17. The van der Waals surface area contributed by atoms with Crippen molar-refractivity contribution in [2.75, 3.05) is 0 Å². The molecule has 0 saturated heterocycles. The van der Waals surface area contributed by atoms with E-state index in [1.54, 1.807) is 0 Å². The largest absolute Gasteiger partial charge is 1.00 e. The molecule has 232 valence electrons. The Hall–Kier alpha value is -4.08.